The van der Waals surface area contributed by atoms with E-state index < -0.39 is 18.5 Å². The first-order chi connectivity index (χ1) is 11.9. The molecule has 0 aliphatic carbocycles. The van der Waals surface area contributed by atoms with E-state index in [0.717, 1.165) is 11.3 Å². The molecule has 0 unspecified atom stereocenters. The Bertz CT molecular complexity index is 760. The number of phenols is 1. The minimum absolute atomic E-state index is 0.0449. The Morgan fingerprint density at radius 2 is 1.84 bits per heavy atom. The summed E-state index contributed by atoms with van der Waals surface area (Å²) in [5.41, 5.74) is 1.95. The first-order valence-corrected chi connectivity index (χ1v) is 7.93. The zero-order chi connectivity index (χ0) is 18.4. The van der Waals surface area contributed by atoms with Crippen molar-refractivity contribution in [2.24, 2.45) is 0 Å². The van der Waals surface area contributed by atoms with Crippen molar-refractivity contribution >= 4 is 29.2 Å². The first-order valence-electron chi connectivity index (χ1n) is 7.55. The van der Waals surface area contributed by atoms with Crippen molar-refractivity contribution in [3.63, 3.8) is 0 Å². The van der Waals surface area contributed by atoms with Crippen molar-refractivity contribution in [2.45, 2.75) is 6.54 Å². The molecular weight excluding hydrogens is 344 g/mol. The first kappa shape index (κ1) is 18.6. The minimum Gasteiger partial charge on any atom is -0.507 e. The largest absolute Gasteiger partial charge is 0.507 e. The van der Waals surface area contributed by atoms with E-state index >= 15 is 0 Å². The zero-order valence-corrected chi connectivity index (χ0v) is 14.7. The molecule has 1 amide bonds. The van der Waals surface area contributed by atoms with E-state index in [0.29, 0.717) is 11.6 Å². The molecule has 0 atom stereocenters. The summed E-state index contributed by atoms with van der Waals surface area (Å²) >= 11 is 5.70. The van der Waals surface area contributed by atoms with Gasteiger partial charge in [0.1, 0.15) is 11.3 Å². The predicted octanol–water partition coefficient (Wildman–Crippen LogP) is 2.58. The third-order valence-corrected chi connectivity index (χ3v) is 3.69. The van der Waals surface area contributed by atoms with Crippen LogP contribution in [0.2, 0.25) is 5.02 Å². The number of anilines is 1. The van der Waals surface area contributed by atoms with Crippen molar-refractivity contribution in [3.8, 4) is 5.75 Å². The molecule has 6 nitrogen and oxygen atoms in total. The van der Waals surface area contributed by atoms with Crippen LogP contribution in [0.4, 0.5) is 5.69 Å². The topological polar surface area (TPSA) is 78.9 Å². The van der Waals surface area contributed by atoms with E-state index in [4.69, 9.17) is 16.3 Å². The van der Waals surface area contributed by atoms with Gasteiger partial charge in [-0.25, -0.2) is 4.79 Å². The van der Waals surface area contributed by atoms with Crippen molar-refractivity contribution in [1.29, 1.82) is 0 Å². The fourth-order valence-electron chi connectivity index (χ4n) is 2.05. The van der Waals surface area contributed by atoms with Gasteiger partial charge in [0.05, 0.1) is 0 Å². The van der Waals surface area contributed by atoms with Crippen LogP contribution in [0.25, 0.3) is 0 Å². The van der Waals surface area contributed by atoms with Crippen molar-refractivity contribution in [3.05, 3.63) is 58.6 Å². The highest BCUT2D eigenvalue weighted by Gasteiger charge is 2.14. The summed E-state index contributed by atoms with van der Waals surface area (Å²) in [4.78, 5) is 25.6. The number of halogens is 1. The highest BCUT2D eigenvalue weighted by Crippen LogP contribution is 2.22. The third-order valence-electron chi connectivity index (χ3n) is 3.46. The molecular formula is C18H19ClN2O4. The monoisotopic (exact) mass is 362 g/mol. The molecule has 2 rings (SSSR count). The average molecular weight is 363 g/mol. The molecule has 2 aromatic carbocycles. The van der Waals surface area contributed by atoms with Gasteiger partial charge in [-0.15, -0.1) is 0 Å². The van der Waals surface area contributed by atoms with E-state index in [1.807, 2.05) is 43.3 Å². The molecule has 0 fully saturated rings. The van der Waals surface area contributed by atoms with Gasteiger partial charge in [-0.1, -0.05) is 23.7 Å². The van der Waals surface area contributed by atoms with Crippen LogP contribution in [0, 0.1) is 0 Å². The summed E-state index contributed by atoms with van der Waals surface area (Å²) in [6.07, 6.45) is 0. The second-order valence-electron chi connectivity index (χ2n) is 5.58. The molecule has 0 heterocycles. The summed E-state index contributed by atoms with van der Waals surface area (Å²) in [7, 11) is 3.90. The molecule has 2 aromatic rings. The molecule has 0 saturated carbocycles. The Kier molecular flexibility index (Phi) is 6.25. The lowest BCUT2D eigenvalue weighted by Gasteiger charge is -2.13. The van der Waals surface area contributed by atoms with Crippen LogP contribution in [0.5, 0.6) is 5.75 Å². The molecule has 0 aromatic heterocycles. The van der Waals surface area contributed by atoms with Gasteiger partial charge in [0.2, 0.25) is 0 Å². The Hall–Kier alpha value is -2.73. The number of aromatic hydroxyl groups is 1. The SMILES string of the molecule is CN(C)c1ccc(CNC(=O)COC(=O)c2ccc(Cl)cc2O)cc1. The molecule has 7 heteroatoms. The van der Waals surface area contributed by atoms with E-state index in [-0.39, 0.29) is 11.3 Å². The number of hydrogen-bond acceptors (Lipinski definition) is 5. The van der Waals surface area contributed by atoms with Crippen LogP contribution in [0.1, 0.15) is 15.9 Å². The third kappa shape index (κ3) is 5.39. The van der Waals surface area contributed by atoms with Gasteiger partial charge in [0.15, 0.2) is 6.61 Å². The molecule has 0 radical (unpaired) electrons. The number of benzene rings is 2. The second kappa shape index (κ2) is 8.39. The fourth-order valence-corrected chi connectivity index (χ4v) is 2.22. The number of ether oxygens (including phenoxy) is 1. The predicted molar refractivity (Wildman–Crippen MR) is 96.0 cm³/mol. The number of carbonyl (C=O) groups excluding carboxylic acids is 2. The Labute approximate surface area is 151 Å². The van der Waals surface area contributed by atoms with Crippen molar-refractivity contribution < 1.29 is 19.4 Å². The van der Waals surface area contributed by atoms with Crippen LogP contribution in [-0.4, -0.2) is 37.7 Å². The van der Waals surface area contributed by atoms with Gasteiger partial charge in [-0.3, -0.25) is 4.79 Å². The summed E-state index contributed by atoms with van der Waals surface area (Å²) in [5.74, 6) is -1.52. The van der Waals surface area contributed by atoms with E-state index in [1.54, 1.807) is 0 Å². The number of carbonyl (C=O) groups is 2. The maximum atomic E-state index is 11.8. The van der Waals surface area contributed by atoms with Gasteiger partial charge >= 0.3 is 5.97 Å². The molecule has 2 N–H and O–H groups in total. The van der Waals surface area contributed by atoms with Crippen molar-refractivity contribution in [2.75, 3.05) is 25.6 Å². The highest BCUT2D eigenvalue weighted by atomic mass is 35.5. The van der Waals surface area contributed by atoms with Crippen LogP contribution in [-0.2, 0) is 16.1 Å². The van der Waals surface area contributed by atoms with Crippen LogP contribution < -0.4 is 10.2 Å². The van der Waals surface area contributed by atoms with Gasteiger partial charge in [0.25, 0.3) is 5.91 Å². The molecule has 132 valence electrons. The standard InChI is InChI=1S/C18H19ClN2O4/c1-21(2)14-6-3-12(4-7-14)10-20-17(23)11-25-18(24)15-8-5-13(19)9-16(15)22/h3-9,22H,10-11H2,1-2H3,(H,20,23). The number of phenolic OH excluding ortho intramolecular Hbond substituents is 1. The Morgan fingerprint density at radius 3 is 2.44 bits per heavy atom. The fraction of sp³-hybridized carbons (Fsp3) is 0.222. The lowest BCUT2D eigenvalue weighted by atomic mass is 10.2. The average Bonchev–Trinajstić information content (AvgIpc) is 2.58. The molecule has 0 aliphatic heterocycles. The van der Waals surface area contributed by atoms with Crippen LogP contribution in [0.3, 0.4) is 0 Å². The molecule has 0 spiro atoms. The van der Waals surface area contributed by atoms with Gasteiger partial charge in [-0.05, 0) is 35.9 Å². The molecule has 25 heavy (non-hydrogen) atoms. The molecule has 0 bridgehead atoms. The van der Waals surface area contributed by atoms with Crippen LogP contribution in [0.15, 0.2) is 42.5 Å². The number of nitrogens with one attached hydrogen (secondary N) is 1. The second-order valence-corrected chi connectivity index (χ2v) is 6.01. The number of hydrogen-bond donors (Lipinski definition) is 2. The Morgan fingerprint density at radius 1 is 1.16 bits per heavy atom. The summed E-state index contributed by atoms with van der Waals surface area (Å²) in [5, 5.41) is 12.6. The quantitative estimate of drug-likeness (QED) is 0.772. The maximum Gasteiger partial charge on any atom is 0.342 e. The zero-order valence-electron chi connectivity index (χ0n) is 14.0. The van der Waals surface area contributed by atoms with Crippen molar-refractivity contribution in [1.82, 2.24) is 5.32 Å². The van der Waals surface area contributed by atoms with Gasteiger partial charge in [0, 0.05) is 31.4 Å². The van der Waals surface area contributed by atoms with Gasteiger partial charge < -0.3 is 20.1 Å². The van der Waals surface area contributed by atoms with E-state index in [1.165, 1.54) is 18.2 Å². The summed E-state index contributed by atoms with van der Waals surface area (Å²) in [6.45, 7) is -0.104. The summed E-state index contributed by atoms with van der Waals surface area (Å²) in [6, 6.07) is 11.7. The molecule has 0 aliphatic rings. The van der Waals surface area contributed by atoms with Gasteiger partial charge in [-0.2, -0.15) is 0 Å². The normalized spacial score (nSPS) is 10.2. The minimum atomic E-state index is -0.792. The highest BCUT2D eigenvalue weighted by molar-refractivity contribution is 6.30. The Balaban J connectivity index is 1.81. The number of esters is 1. The maximum absolute atomic E-state index is 11.8. The lowest BCUT2D eigenvalue weighted by Crippen LogP contribution is -2.28. The number of rotatable bonds is 6. The smallest absolute Gasteiger partial charge is 0.342 e. The number of amides is 1. The lowest BCUT2D eigenvalue weighted by molar-refractivity contribution is -0.124. The molecule has 0 saturated heterocycles. The van der Waals surface area contributed by atoms with E-state index in [2.05, 4.69) is 5.32 Å². The number of nitrogens with zero attached hydrogens (tertiary/aromatic N) is 1. The van der Waals surface area contributed by atoms with E-state index in [9.17, 15) is 14.7 Å². The summed E-state index contributed by atoms with van der Waals surface area (Å²) < 4.78 is 4.89. The van der Waals surface area contributed by atoms with Crippen LogP contribution >= 0.6 is 11.6 Å².